The normalized spacial score (nSPS) is 19.3. The van der Waals surface area contributed by atoms with Gasteiger partial charge in [0.15, 0.2) is 11.5 Å². The van der Waals surface area contributed by atoms with Crippen molar-refractivity contribution >= 4 is 12.0 Å². The van der Waals surface area contributed by atoms with Crippen LogP contribution in [0, 0.1) is 5.92 Å². The van der Waals surface area contributed by atoms with Crippen LogP contribution in [0.1, 0.15) is 31.2 Å². The maximum Gasteiger partial charge on any atom is 0.315 e. The van der Waals surface area contributed by atoms with Crippen LogP contribution in [0.4, 0.5) is 4.79 Å². The van der Waals surface area contributed by atoms with Gasteiger partial charge in [0.05, 0.1) is 27.2 Å². The van der Waals surface area contributed by atoms with Gasteiger partial charge in [-0.15, -0.1) is 0 Å². The lowest BCUT2D eigenvalue weighted by Crippen LogP contribution is -2.43. The number of carboxylic acid groups (broad SMARTS) is 1. The maximum atomic E-state index is 12.1. The number of ether oxygens (including phenoxy) is 3. The quantitative estimate of drug-likeness (QED) is 0.683. The summed E-state index contributed by atoms with van der Waals surface area (Å²) in [5.41, 5.74) is 0.809. The van der Waals surface area contributed by atoms with E-state index in [4.69, 9.17) is 19.3 Å². The molecule has 8 heteroatoms. The molecule has 1 aromatic rings. The van der Waals surface area contributed by atoms with Gasteiger partial charge in [-0.2, -0.15) is 0 Å². The predicted octanol–water partition coefficient (Wildman–Crippen LogP) is 2.15. The Labute approximate surface area is 152 Å². The monoisotopic (exact) mass is 366 g/mol. The van der Waals surface area contributed by atoms with E-state index in [2.05, 4.69) is 10.6 Å². The second-order valence-electron chi connectivity index (χ2n) is 6.25. The van der Waals surface area contributed by atoms with Crippen molar-refractivity contribution in [2.24, 2.45) is 5.92 Å². The molecule has 0 radical (unpaired) electrons. The van der Waals surface area contributed by atoms with Gasteiger partial charge in [0.25, 0.3) is 0 Å². The average Bonchev–Trinajstić information content (AvgIpc) is 2.65. The Morgan fingerprint density at radius 1 is 1.04 bits per heavy atom. The van der Waals surface area contributed by atoms with Gasteiger partial charge in [-0.1, -0.05) is 0 Å². The Kier molecular flexibility index (Phi) is 6.94. The number of hydrogen-bond acceptors (Lipinski definition) is 5. The number of hydrogen-bond donors (Lipinski definition) is 3. The molecule has 1 aromatic carbocycles. The zero-order chi connectivity index (χ0) is 19.1. The van der Waals surface area contributed by atoms with E-state index in [1.54, 1.807) is 12.1 Å². The number of carbonyl (C=O) groups excluding carboxylic acids is 1. The molecule has 8 nitrogen and oxygen atoms in total. The fourth-order valence-corrected chi connectivity index (χ4v) is 3.14. The summed E-state index contributed by atoms with van der Waals surface area (Å²) in [6.07, 6.45) is 2.53. The third-order valence-corrected chi connectivity index (χ3v) is 4.59. The van der Waals surface area contributed by atoms with E-state index in [9.17, 15) is 9.59 Å². The molecule has 2 rings (SSSR count). The molecule has 2 amide bonds. The van der Waals surface area contributed by atoms with Crippen molar-refractivity contribution in [1.29, 1.82) is 0 Å². The van der Waals surface area contributed by atoms with Crippen molar-refractivity contribution in [1.82, 2.24) is 10.6 Å². The Balaban J connectivity index is 1.88. The number of amides is 2. The van der Waals surface area contributed by atoms with Gasteiger partial charge >= 0.3 is 12.0 Å². The molecule has 0 bridgehead atoms. The molecule has 0 atom stereocenters. The van der Waals surface area contributed by atoms with Gasteiger partial charge in [0.1, 0.15) is 0 Å². The van der Waals surface area contributed by atoms with Gasteiger partial charge in [0.2, 0.25) is 5.75 Å². The van der Waals surface area contributed by atoms with Crippen LogP contribution in [-0.2, 0) is 11.3 Å². The first-order valence-electron chi connectivity index (χ1n) is 8.54. The molecule has 144 valence electrons. The number of benzene rings is 1. The third kappa shape index (κ3) is 4.93. The van der Waals surface area contributed by atoms with E-state index in [0.717, 1.165) is 5.56 Å². The van der Waals surface area contributed by atoms with Crippen LogP contribution in [0.5, 0.6) is 17.2 Å². The SMILES string of the molecule is COc1cc(CNC(=O)NC2CCC(C(=O)O)CC2)cc(OC)c1OC. The van der Waals surface area contributed by atoms with Crippen LogP contribution in [0.25, 0.3) is 0 Å². The van der Waals surface area contributed by atoms with E-state index in [-0.39, 0.29) is 18.0 Å². The standard InChI is InChI=1S/C18H26N2O6/c1-24-14-8-11(9-15(25-2)16(14)26-3)10-19-18(23)20-13-6-4-12(5-7-13)17(21)22/h8-9,12-13H,4-7,10H2,1-3H3,(H,21,22)(H2,19,20,23). The minimum Gasteiger partial charge on any atom is -0.493 e. The molecular weight excluding hydrogens is 340 g/mol. The topological polar surface area (TPSA) is 106 Å². The van der Waals surface area contributed by atoms with Crippen molar-refractivity contribution in [3.63, 3.8) is 0 Å². The van der Waals surface area contributed by atoms with Crippen LogP contribution in [-0.4, -0.2) is 44.5 Å². The largest absolute Gasteiger partial charge is 0.493 e. The first-order valence-corrected chi connectivity index (χ1v) is 8.54. The van der Waals surface area contributed by atoms with Crippen molar-refractivity contribution in [2.75, 3.05) is 21.3 Å². The van der Waals surface area contributed by atoms with Crippen LogP contribution >= 0.6 is 0 Å². The molecule has 0 saturated heterocycles. The van der Waals surface area contributed by atoms with Crippen LogP contribution < -0.4 is 24.8 Å². The molecule has 1 saturated carbocycles. The lowest BCUT2D eigenvalue weighted by atomic mass is 9.86. The molecule has 26 heavy (non-hydrogen) atoms. The molecule has 0 aliphatic heterocycles. The van der Waals surface area contributed by atoms with Crippen molar-refractivity contribution in [3.05, 3.63) is 17.7 Å². The minimum atomic E-state index is -0.754. The minimum absolute atomic E-state index is 0.00513. The number of rotatable bonds is 7. The molecule has 1 aliphatic carbocycles. The first-order chi connectivity index (χ1) is 12.5. The van der Waals surface area contributed by atoms with Crippen molar-refractivity contribution in [2.45, 2.75) is 38.3 Å². The summed E-state index contributed by atoms with van der Waals surface area (Å²) < 4.78 is 15.9. The summed E-state index contributed by atoms with van der Waals surface area (Å²) >= 11 is 0. The number of urea groups is 1. The number of nitrogens with one attached hydrogen (secondary N) is 2. The van der Waals surface area contributed by atoms with Crippen LogP contribution in [0.2, 0.25) is 0 Å². The second kappa shape index (κ2) is 9.17. The van der Waals surface area contributed by atoms with E-state index >= 15 is 0 Å². The second-order valence-corrected chi connectivity index (χ2v) is 6.25. The lowest BCUT2D eigenvalue weighted by molar-refractivity contribution is -0.142. The molecule has 3 N–H and O–H groups in total. The molecule has 0 aromatic heterocycles. The molecule has 0 heterocycles. The maximum absolute atomic E-state index is 12.1. The summed E-state index contributed by atoms with van der Waals surface area (Å²) in [6, 6.07) is 3.28. The average molecular weight is 366 g/mol. The Bertz CT molecular complexity index is 616. The Morgan fingerprint density at radius 3 is 2.08 bits per heavy atom. The summed E-state index contributed by atoms with van der Waals surface area (Å²) in [5, 5.41) is 14.7. The van der Waals surface area contributed by atoms with Crippen molar-refractivity contribution < 1.29 is 28.9 Å². The number of aliphatic carboxylic acids is 1. The van der Waals surface area contributed by atoms with Gasteiger partial charge in [-0.3, -0.25) is 4.79 Å². The number of carboxylic acids is 1. The zero-order valence-corrected chi connectivity index (χ0v) is 15.3. The zero-order valence-electron chi connectivity index (χ0n) is 15.3. The Hall–Kier alpha value is -2.64. The fourth-order valence-electron chi connectivity index (χ4n) is 3.14. The van der Waals surface area contributed by atoms with E-state index in [1.165, 1.54) is 21.3 Å². The summed E-state index contributed by atoms with van der Waals surface area (Å²) in [4.78, 5) is 23.1. The smallest absolute Gasteiger partial charge is 0.315 e. The fraction of sp³-hybridized carbons (Fsp3) is 0.556. The third-order valence-electron chi connectivity index (χ3n) is 4.59. The van der Waals surface area contributed by atoms with Gasteiger partial charge in [0, 0.05) is 12.6 Å². The number of carbonyl (C=O) groups is 2. The molecule has 1 fully saturated rings. The van der Waals surface area contributed by atoms with Gasteiger partial charge in [-0.25, -0.2) is 4.79 Å². The summed E-state index contributed by atoms with van der Waals surface area (Å²) in [5.74, 6) is 0.496. The highest BCUT2D eigenvalue weighted by Crippen LogP contribution is 2.38. The first kappa shape index (κ1) is 19.7. The summed E-state index contributed by atoms with van der Waals surface area (Å²) in [6.45, 7) is 0.299. The molecule has 1 aliphatic rings. The van der Waals surface area contributed by atoms with E-state index in [0.29, 0.717) is 49.5 Å². The molecular formula is C18H26N2O6. The van der Waals surface area contributed by atoms with Crippen LogP contribution in [0.3, 0.4) is 0 Å². The highest BCUT2D eigenvalue weighted by molar-refractivity contribution is 5.74. The van der Waals surface area contributed by atoms with Gasteiger partial charge in [-0.05, 0) is 43.4 Å². The lowest BCUT2D eigenvalue weighted by Gasteiger charge is -2.26. The van der Waals surface area contributed by atoms with Crippen LogP contribution in [0.15, 0.2) is 12.1 Å². The highest BCUT2D eigenvalue weighted by Gasteiger charge is 2.26. The highest BCUT2D eigenvalue weighted by atomic mass is 16.5. The Morgan fingerprint density at radius 2 is 1.62 bits per heavy atom. The van der Waals surface area contributed by atoms with Gasteiger partial charge < -0.3 is 30.0 Å². The molecule has 0 unspecified atom stereocenters. The summed E-state index contributed by atoms with van der Waals surface area (Å²) in [7, 11) is 4.61. The van der Waals surface area contributed by atoms with E-state index in [1.807, 2.05) is 0 Å². The van der Waals surface area contributed by atoms with Crippen molar-refractivity contribution in [3.8, 4) is 17.2 Å². The number of methoxy groups -OCH3 is 3. The molecule has 0 spiro atoms. The predicted molar refractivity (Wildman–Crippen MR) is 94.9 cm³/mol. The van der Waals surface area contributed by atoms with E-state index < -0.39 is 5.97 Å².